The van der Waals surface area contributed by atoms with Gasteiger partial charge in [-0.3, -0.25) is 29.4 Å². The van der Waals surface area contributed by atoms with Crippen LogP contribution in [0.5, 0.6) is 0 Å². The fourth-order valence-corrected chi connectivity index (χ4v) is 4.16. The van der Waals surface area contributed by atoms with Crippen LogP contribution in [-0.4, -0.2) is 54.2 Å². The molecule has 0 saturated carbocycles. The lowest BCUT2D eigenvalue weighted by atomic mass is 10.0. The molecule has 206 valence electrons. The van der Waals surface area contributed by atoms with E-state index < -0.39 is 23.8 Å². The Labute approximate surface area is 236 Å². The van der Waals surface area contributed by atoms with E-state index in [0.717, 1.165) is 11.1 Å². The fourth-order valence-electron chi connectivity index (χ4n) is 3.99. The molecular weight excluding hydrogens is 550 g/mol. The molecule has 3 amide bonds. The molecule has 0 aliphatic carbocycles. The number of nitrogens with zero attached hydrogens (tertiary/aromatic N) is 4. The first-order valence-corrected chi connectivity index (χ1v) is 12.6. The van der Waals surface area contributed by atoms with Crippen molar-refractivity contribution in [1.82, 2.24) is 35.7 Å². The van der Waals surface area contributed by atoms with Crippen molar-refractivity contribution in [2.24, 2.45) is 0 Å². The Morgan fingerprint density at radius 2 is 1.68 bits per heavy atom. The van der Waals surface area contributed by atoms with Gasteiger partial charge in [0.05, 0.1) is 17.1 Å². The zero-order chi connectivity index (χ0) is 28.8. The van der Waals surface area contributed by atoms with Gasteiger partial charge in [-0.05, 0) is 51.9 Å². The molecule has 0 spiro atoms. The van der Waals surface area contributed by atoms with E-state index in [1.54, 1.807) is 36.4 Å². The number of tetrazole rings is 1. The minimum absolute atomic E-state index is 0.126. The van der Waals surface area contributed by atoms with Gasteiger partial charge in [-0.1, -0.05) is 54.1 Å². The van der Waals surface area contributed by atoms with Crippen molar-refractivity contribution in [2.75, 3.05) is 10.6 Å². The van der Waals surface area contributed by atoms with Gasteiger partial charge in [0.2, 0.25) is 5.91 Å². The largest absolute Gasteiger partial charge is 0.336 e. The highest BCUT2D eigenvalue weighted by Crippen LogP contribution is 2.24. The molecule has 2 aromatic heterocycles. The molecule has 5 N–H and O–H groups in total. The zero-order valence-corrected chi connectivity index (χ0v) is 21.9. The van der Waals surface area contributed by atoms with E-state index in [4.69, 9.17) is 11.6 Å². The molecular formula is C27H22ClN9O4. The minimum atomic E-state index is -1.09. The van der Waals surface area contributed by atoms with Gasteiger partial charge in [0.15, 0.2) is 0 Å². The lowest BCUT2D eigenvalue weighted by Gasteiger charge is -2.19. The zero-order valence-electron chi connectivity index (χ0n) is 21.2. The first-order valence-electron chi connectivity index (χ1n) is 12.2. The van der Waals surface area contributed by atoms with Gasteiger partial charge in [-0.15, -0.1) is 5.10 Å². The summed E-state index contributed by atoms with van der Waals surface area (Å²) in [4.78, 5) is 50.6. The van der Waals surface area contributed by atoms with Gasteiger partial charge in [-0.25, -0.2) is 0 Å². The number of carbonyl (C=O) groups is 3. The summed E-state index contributed by atoms with van der Waals surface area (Å²) in [5.41, 5.74) is 2.87. The second kappa shape index (κ2) is 12.1. The summed E-state index contributed by atoms with van der Waals surface area (Å²) in [5.74, 6) is -2.58. The summed E-state index contributed by atoms with van der Waals surface area (Å²) in [6, 6.07) is 20.8. The van der Waals surface area contributed by atoms with Crippen LogP contribution >= 0.6 is 11.6 Å². The summed E-state index contributed by atoms with van der Waals surface area (Å²) < 4.78 is 1.30. The summed E-state index contributed by atoms with van der Waals surface area (Å²) in [5, 5.41) is 24.3. The number of nitrogens with one attached hydrogen (secondary N) is 5. The molecule has 13 nitrogen and oxygen atoms in total. The number of H-pyrrole nitrogens is 2. The number of aromatic nitrogens is 6. The van der Waals surface area contributed by atoms with Crippen molar-refractivity contribution >= 4 is 40.7 Å². The molecule has 0 unspecified atom stereocenters. The number of anilines is 2. The maximum Gasteiger partial charge on any atom is 0.313 e. The third kappa shape index (κ3) is 6.72. The summed E-state index contributed by atoms with van der Waals surface area (Å²) >= 11 is 6.10. The highest BCUT2D eigenvalue weighted by Gasteiger charge is 2.26. The molecule has 0 saturated heterocycles. The maximum atomic E-state index is 13.3. The third-order valence-corrected chi connectivity index (χ3v) is 6.21. The number of carbonyl (C=O) groups excluding carboxylic acids is 3. The Bertz CT molecular complexity index is 1730. The summed E-state index contributed by atoms with van der Waals surface area (Å²) in [6.45, 7) is 0. The summed E-state index contributed by atoms with van der Waals surface area (Å²) in [6.07, 6.45) is 1.45. The molecule has 2 heterocycles. The van der Waals surface area contributed by atoms with Crippen LogP contribution in [0.25, 0.3) is 16.9 Å². The van der Waals surface area contributed by atoms with Crippen LogP contribution in [0.2, 0.25) is 5.02 Å². The Hall–Kier alpha value is -5.56. The van der Waals surface area contributed by atoms with E-state index >= 15 is 0 Å². The first-order chi connectivity index (χ1) is 19.9. The van der Waals surface area contributed by atoms with Crippen molar-refractivity contribution in [2.45, 2.75) is 12.5 Å². The van der Waals surface area contributed by atoms with Gasteiger partial charge in [0.1, 0.15) is 12.4 Å². The van der Waals surface area contributed by atoms with Gasteiger partial charge < -0.3 is 16.0 Å². The average Bonchev–Trinajstić information content (AvgIpc) is 3.66. The number of hydrogen-bond acceptors (Lipinski definition) is 7. The maximum absolute atomic E-state index is 13.3. The number of benzene rings is 3. The number of amides is 3. The van der Waals surface area contributed by atoms with Crippen LogP contribution in [0.15, 0.2) is 90.0 Å². The van der Waals surface area contributed by atoms with Gasteiger partial charge >= 0.3 is 11.8 Å². The molecule has 0 aliphatic rings. The normalized spacial score (nSPS) is 11.4. The molecule has 0 fully saturated rings. The quantitative estimate of drug-likeness (QED) is 0.177. The van der Waals surface area contributed by atoms with E-state index in [1.165, 1.54) is 23.1 Å². The smallest absolute Gasteiger partial charge is 0.313 e. The van der Waals surface area contributed by atoms with Gasteiger partial charge in [0.25, 0.3) is 5.56 Å². The van der Waals surface area contributed by atoms with Crippen molar-refractivity contribution in [3.63, 3.8) is 0 Å². The predicted octanol–water partition coefficient (Wildman–Crippen LogP) is 2.30. The second-order valence-electron chi connectivity index (χ2n) is 8.82. The van der Waals surface area contributed by atoms with Crippen LogP contribution in [0, 0.1) is 0 Å². The minimum Gasteiger partial charge on any atom is -0.336 e. The van der Waals surface area contributed by atoms with Crippen LogP contribution in [0.4, 0.5) is 11.4 Å². The van der Waals surface area contributed by atoms with Crippen molar-refractivity contribution < 1.29 is 14.4 Å². The average molecular weight is 572 g/mol. The van der Waals surface area contributed by atoms with E-state index in [1.807, 2.05) is 30.3 Å². The van der Waals surface area contributed by atoms with Crippen LogP contribution < -0.4 is 21.5 Å². The van der Waals surface area contributed by atoms with E-state index in [2.05, 4.69) is 41.7 Å². The third-order valence-electron chi connectivity index (χ3n) is 5.97. The topological polar surface area (TPSA) is 180 Å². The van der Waals surface area contributed by atoms with E-state index in [9.17, 15) is 19.2 Å². The Morgan fingerprint density at radius 1 is 0.902 bits per heavy atom. The lowest BCUT2D eigenvalue weighted by molar-refractivity contribution is -0.137. The van der Waals surface area contributed by atoms with Gasteiger partial charge in [-0.2, -0.15) is 4.68 Å². The summed E-state index contributed by atoms with van der Waals surface area (Å²) in [7, 11) is 0. The molecule has 0 aliphatic heterocycles. The molecule has 5 aromatic rings. The lowest BCUT2D eigenvalue weighted by Crippen LogP contribution is -2.49. The SMILES string of the molecule is O=C(Nc1cc(Cl)ccc1-n1cnnn1)C(=O)N[C@@H](Cc1ccccc1)C(=O)Nc1ccc(-c2cc(=O)[nH][nH]2)cc1. The fraction of sp³-hybridized carbons (Fsp3) is 0.0741. The Morgan fingerprint density at radius 3 is 2.37 bits per heavy atom. The molecule has 5 rings (SSSR count). The van der Waals surface area contributed by atoms with Crippen molar-refractivity contribution in [3.8, 4) is 16.9 Å². The Kier molecular flexibility index (Phi) is 7.97. The standard InChI is InChI=1S/C27H22ClN9O4/c28-18-8-11-23(37-15-29-35-36-37)21(13-18)31-26(40)27(41)32-22(12-16-4-2-1-3-5-16)25(39)30-19-9-6-17(7-10-19)20-14-24(38)34-33-20/h1-11,13-15,22H,12H2,(H,30,39)(H,31,40)(H,32,41)(H2,33,34,38)/t22-/m0/s1. The van der Waals surface area contributed by atoms with E-state index in [-0.39, 0.29) is 17.7 Å². The highest BCUT2D eigenvalue weighted by atomic mass is 35.5. The van der Waals surface area contributed by atoms with Gasteiger partial charge in [0, 0.05) is 23.2 Å². The Balaban J connectivity index is 1.31. The number of hydrogen-bond donors (Lipinski definition) is 5. The highest BCUT2D eigenvalue weighted by molar-refractivity contribution is 6.40. The van der Waals surface area contributed by atoms with E-state index in [0.29, 0.717) is 22.1 Å². The molecule has 14 heteroatoms. The second-order valence-corrected chi connectivity index (χ2v) is 9.26. The molecule has 1 atom stereocenters. The number of halogens is 1. The first kappa shape index (κ1) is 27.0. The van der Waals surface area contributed by atoms with Crippen molar-refractivity contribution in [1.29, 1.82) is 0 Å². The number of aromatic amines is 2. The molecule has 0 bridgehead atoms. The van der Waals surface area contributed by atoms with Crippen LogP contribution in [-0.2, 0) is 20.8 Å². The van der Waals surface area contributed by atoms with Crippen LogP contribution in [0.3, 0.4) is 0 Å². The molecule has 3 aromatic carbocycles. The molecule has 41 heavy (non-hydrogen) atoms. The predicted molar refractivity (Wildman–Crippen MR) is 150 cm³/mol. The molecule has 0 radical (unpaired) electrons. The van der Waals surface area contributed by atoms with Crippen molar-refractivity contribution in [3.05, 3.63) is 106 Å². The van der Waals surface area contributed by atoms with Crippen LogP contribution in [0.1, 0.15) is 5.56 Å². The monoisotopic (exact) mass is 571 g/mol. The number of rotatable bonds is 8.